The summed E-state index contributed by atoms with van der Waals surface area (Å²) in [5, 5.41) is 3.54. The molecule has 1 heterocycles. The molecule has 2 aromatic carbocycles. The maximum atomic E-state index is 5.91. The zero-order chi connectivity index (χ0) is 16.9. The van der Waals surface area contributed by atoms with Crippen LogP contribution in [0.3, 0.4) is 0 Å². The van der Waals surface area contributed by atoms with E-state index in [0.29, 0.717) is 13.2 Å². The predicted octanol–water partition coefficient (Wildman–Crippen LogP) is 2.81. The average molecular weight is 329 g/mol. The van der Waals surface area contributed by atoms with E-state index in [2.05, 4.69) is 11.4 Å². The summed E-state index contributed by atoms with van der Waals surface area (Å²) in [6.45, 7) is 1.26. The summed E-state index contributed by atoms with van der Waals surface area (Å²) < 4.78 is 22.2. The molecule has 2 aromatic rings. The van der Waals surface area contributed by atoms with Crippen molar-refractivity contribution in [1.29, 1.82) is 0 Å². The lowest BCUT2D eigenvalue weighted by molar-refractivity contribution is 0.226. The number of hydrogen-bond acceptors (Lipinski definition) is 5. The Hall–Kier alpha value is -2.40. The van der Waals surface area contributed by atoms with Crippen molar-refractivity contribution < 1.29 is 18.9 Å². The highest BCUT2D eigenvalue weighted by Crippen LogP contribution is 2.35. The van der Waals surface area contributed by atoms with Gasteiger partial charge in [-0.05, 0) is 30.2 Å². The van der Waals surface area contributed by atoms with Crippen molar-refractivity contribution in [1.82, 2.24) is 5.32 Å². The standard InChI is InChI=1S/C19H23NO4/c1-21-16-7-5-8-17(22-2)15(16)11-20-14-10-13-6-4-9-18(23-3)19(13)24-12-14/h4-9,14,20H,10-12H2,1-3H3. The molecule has 1 N–H and O–H groups in total. The monoisotopic (exact) mass is 329 g/mol. The number of hydrogen-bond donors (Lipinski definition) is 1. The van der Waals surface area contributed by atoms with E-state index in [1.54, 1.807) is 21.3 Å². The first-order chi connectivity index (χ1) is 11.8. The summed E-state index contributed by atoms with van der Waals surface area (Å²) in [4.78, 5) is 0. The summed E-state index contributed by atoms with van der Waals surface area (Å²) in [6.07, 6.45) is 0.893. The highest BCUT2D eigenvalue weighted by Gasteiger charge is 2.23. The molecule has 5 nitrogen and oxygen atoms in total. The van der Waals surface area contributed by atoms with Gasteiger partial charge in [-0.3, -0.25) is 0 Å². The van der Waals surface area contributed by atoms with Gasteiger partial charge in [-0.1, -0.05) is 18.2 Å². The molecule has 0 spiro atoms. The van der Waals surface area contributed by atoms with Gasteiger partial charge in [0.1, 0.15) is 18.1 Å². The van der Waals surface area contributed by atoms with Crippen LogP contribution >= 0.6 is 0 Å². The van der Waals surface area contributed by atoms with Crippen molar-refractivity contribution in [3.63, 3.8) is 0 Å². The molecule has 0 bridgehead atoms. The number of benzene rings is 2. The van der Waals surface area contributed by atoms with Gasteiger partial charge in [-0.15, -0.1) is 0 Å². The van der Waals surface area contributed by atoms with Crippen molar-refractivity contribution in [2.24, 2.45) is 0 Å². The number of nitrogens with one attached hydrogen (secondary N) is 1. The van der Waals surface area contributed by atoms with Crippen LogP contribution in [-0.4, -0.2) is 34.0 Å². The topological polar surface area (TPSA) is 49.0 Å². The largest absolute Gasteiger partial charge is 0.496 e. The Kier molecular flexibility index (Phi) is 5.11. The van der Waals surface area contributed by atoms with Crippen LogP contribution in [0.5, 0.6) is 23.0 Å². The fourth-order valence-electron chi connectivity index (χ4n) is 3.03. The van der Waals surface area contributed by atoms with E-state index in [-0.39, 0.29) is 6.04 Å². The van der Waals surface area contributed by atoms with E-state index in [4.69, 9.17) is 18.9 Å². The minimum Gasteiger partial charge on any atom is -0.496 e. The zero-order valence-electron chi connectivity index (χ0n) is 14.3. The predicted molar refractivity (Wildman–Crippen MR) is 92.4 cm³/mol. The Balaban J connectivity index is 1.71. The molecule has 0 saturated heterocycles. The third-order valence-corrected chi connectivity index (χ3v) is 4.27. The van der Waals surface area contributed by atoms with Crippen LogP contribution in [0.2, 0.25) is 0 Å². The SMILES string of the molecule is COc1cccc(OC)c1CNC1COc2c(cccc2OC)C1. The maximum Gasteiger partial charge on any atom is 0.164 e. The van der Waals surface area contributed by atoms with E-state index in [9.17, 15) is 0 Å². The van der Waals surface area contributed by atoms with Gasteiger partial charge in [0.2, 0.25) is 0 Å². The van der Waals surface area contributed by atoms with E-state index < -0.39 is 0 Å². The van der Waals surface area contributed by atoms with Gasteiger partial charge in [0.15, 0.2) is 11.5 Å². The highest BCUT2D eigenvalue weighted by atomic mass is 16.5. The summed E-state index contributed by atoms with van der Waals surface area (Å²) in [6, 6.07) is 12.0. The van der Waals surface area contributed by atoms with Gasteiger partial charge in [0, 0.05) is 18.2 Å². The van der Waals surface area contributed by atoms with Gasteiger partial charge < -0.3 is 24.3 Å². The molecule has 1 atom stereocenters. The molecule has 1 aliphatic rings. The van der Waals surface area contributed by atoms with Crippen LogP contribution in [0.15, 0.2) is 36.4 Å². The third-order valence-electron chi connectivity index (χ3n) is 4.27. The van der Waals surface area contributed by atoms with Gasteiger partial charge in [0.25, 0.3) is 0 Å². The average Bonchev–Trinajstić information content (AvgIpc) is 2.65. The van der Waals surface area contributed by atoms with Gasteiger partial charge in [-0.2, -0.15) is 0 Å². The fraction of sp³-hybridized carbons (Fsp3) is 0.368. The maximum absolute atomic E-state index is 5.91. The number of rotatable bonds is 6. The van der Waals surface area contributed by atoms with E-state index in [1.807, 2.05) is 30.3 Å². The normalized spacial score (nSPS) is 16.0. The van der Waals surface area contributed by atoms with E-state index >= 15 is 0 Å². The van der Waals surface area contributed by atoms with Crippen LogP contribution in [0.4, 0.5) is 0 Å². The van der Waals surface area contributed by atoms with Gasteiger partial charge in [-0.25, -0.2) is 0 Å². The molecule has 1 aliphatic heterocycles. The molecule has 0 saturated carbocycles. The Morgan fingerprint density at radius 2 is 1.58 bits per heavy atom. The van der Waals surface area contributed by atoms with Crippen molar-refractivity contribution >= 4 is 0 Å². The molecule has 5 heteroatoms. The lowest BCUT2D eigenvalue weighted by Crippen LogP contribution is -2.39. The second kappa shape index (κ2) is 7.45. The lowest BCUT2D eigenvalue weighted by Gasteiger charge is -2.27. The zero-order valence-corrected chi connectivity index (χ0v) is 14.3. The lowest BCUT2D eigenvalue weighted by atomic mass is 10.0. The molecule has 0 fully saturated rings. The van der Waals surface area contributed by atoms with Crippen LogP contribution in [0, 0.1) is 0 Å². The van der Waals surface area contributed by atoms with Crippen molar-refractivity contribution in [2.45, 2.75) is 19.0 Å². The summed E-state index contributed by atoms with van der Waals surface area (Å²) >= 11 is 0. The molecule has 1 unspecified atom stereocenters. The Labute approximate surface area is 142 Å². The number of fused-ring (bicyclic) bond motifs is 1. The molecule has 0 aliphatic carbocycles. The molecule has 0 radical (unpaired) electrons. The Morgan fingerprint density at radius 1 is 0.958 bits per heavy atom. The second-order valence-corrected chi connectivity index (χ2v) is 5.68. The van der Waals surface area contributed by atoms with Gasteiger partial charge >= 0.3 is 0 Å². The molecular weight excluding hydrogens is 306 g/mol. The fourth-order valence-corrected chi connectivity index (χ4v) is 3.03. The Bertz CT molecular complexity index is 680. The summed E-state index contributed by atoms with van der Waals surface area (Å²) in [7, 11) is 5.01. The minimum atomic E-state index is 0.222. The van der Waals surface area contributed by atoms with Crippen molar-refractivity contribution in [2.75, 3.05) is 27.9 Å². The molecular formula is C19H23NO4. The van der Waals surface area contributed by atoms with E-state index in [1.165, 1.54) is 0 Å². The smallest absolute Gasteiger partial charge is 0.164 e. The number of ether oxygens (including phenoxy) is 4. The van der Waals surface area contributed by atoms with Crippen molar-refractivity contribution in [3.8, 4) is 23.0 Å². The van der Waals surface area contributed by atoms with Crippen LogP contribution < -0.4 is 24.3 Å². The number of para-hydroxylation sites is 1. The first kappa shape index (κ1) is 16.5. The first-order valence-electron chi connectivity index (χ1n) is 7.98. The Morgan fingerprint density at radius 3 is 2.25 bits per heavy atom. The second-order valence-electron chi connectivity index (χ2n) is 5.68. The quantitative estimate of drug-likeness (QED) is 0.883. The molecule has 0 aromatic heterocycles. The number of methoxy groups -OCH3 is 3. The summed E-state index contributed by atoms with van der Waals surface area (Å²) in [5.74, 6) is 3.28. The van der Waals surface area contributed by atoms with Crippen LogP contribution in [0.25, 0.3) is 0 Å². The summed E-state index contributed by atoms with van der Waals surface area (Å²) in [5.41, 5.74) is 2.17. The minimum absolute atomic E-state index is 0.222. The first-order valence-corrected chi connectivity index (χ1v) is 7.98. The van der Waals surface area contributed by atoms with Crippen LogP contribution in [0.1, 0.15) is 11.1 Å². The van der Waals surface area contributed by atoms with E-state index in [0.717, 1.165) is 40.5 Å². The molecule has 3 rings (SSSR count). The highest BCUT2D eigenvalue weighted by molar-refractivity contribution is 5.48. The molecule has 128 valence electrons. The third kappa shape index (κ3) is 3.26. The van der Waals surface area contributed by atoms with Gasteiger partial charge in [0.05, 0.1) is 21.3 Å². The van der Waals surface area contributed by atoms with Crippen molar-refractivity contribution in [3.05, 3.63) is 47.5 Å². The van der Waals surface area contributed by atoms with Crippen LogP contribution in [-0.2, 0) is 13.0 Å². The molecule has 0 amide bonds. The molecule has 24 heavy (non-hydrogen) atoms.